The summed E-state index contributed by atoms with van der Waals surface area (Å²) in [6.45, 7) is 4.57. The molecule has 0 fully saturated rings. The van der Waals surface area contributed by atoms with Gasteiger partial charge in [-0.05, 0) is 44.2 Å². The topological polar surface area (TPSA) is 171 Å². The number of pyridine rings is 1. The summed E-state index contributed by atoms with van der Waals surface area (Å²) in [5.41, 5.74) is -0.391. The lowest BCUT2D eigenvalue weighted by Crippen LogP contribution is -2.52. The first kappa shape index (κ1) is 31.7. The fourth-order valence-corrected chi connectivity index (χ4v) is 6.70. The van der Waals surface area contributed by atoms with Crippen LogP contribution in [0.3, 0.4) is 0 Å². The third-order valence-electron chi connectivity index (χ3n) is 6.94. The number of carboxylic acids is 1. The van der Waals surface area contributed by atoms with Gasteiger partial charge in [-0.15, -0.1) is 0 Å². The summed E-state index contributed by atoms with van der Waals surface area (Å²) >= 11 is 0. The van der Waals surface area contributed by atoms with E-state index in [2.05, 4.69) is 26.0 Å². The number of carbonyl (C=O) groups is 2. The number of carboxylic acid groups (broad SMARTS) is 1. The second-order valence-electron chi connectivity index (χ2n) is 10.3. The Kier molecular flexibility index (Phi) is 9.29. The standard InChI is InChI=1S/C28H32F2N6O6S/c1-14-8-15(2)25(16(3)9-14)43(41,42)35-21(27(39)40)12-33-26(38)19-13-36(4)23-17(24(19)37)10-20(29)18(22(23)30)11-34-28-31-6-5-7-32-28/h5-6,8-10,13,21,28,31-32,34-35H,7,11-12H2,1-4H3,(H,33,38)(H,39,40). The van der Waals surface area contributed by atoms with Gasteiger partial charge in [-0.1, -0.05) is 23.8 Å². The number of rotatable bonds is 10. The molecule has 1 amide bonds. The van der Waals surface area contributed by atoms with Gasteiger partial charge in [0.15, 0.2) is 5.82 Å². The second kappa shape index (κ2) is 12.6. The van der Waals surface area contributed by atoms with Crippen molar-refractivity contribution in [3.63, 3.8) is 0 Å². The van der Waals surface area contributed by atoms with E-state index >= 15 is 4.39 Å². The van der Waals surface area contributed by atoms with Crippen molar-refractivity contribution in [2.75, 3.05) is 13.1 Å². The number of aromatic nitrogens is 1. The minimum atomic E-state index is -4.31. The van der Waals surface area contributed by atoms with Crippen LogP contribution in [0.2, 0.25) is 0 Å². The molecule has 3 aromatic rings. The summed E-state index contributed by atoms with van der Waals surface area (Å²) in [7, 11) is -2.94. The monoisotopic (exact) mass is 618 g/mol. The number of hydrogen-bond donors (Lipinski definition) is 6. The molecule has 0 radical (unpaired) electrons. The summed E-state index contributed by atoms with van der Waals surface area (Å²) < 4.78 is 59.8. The van der Waals surface area contributed by atoms with E-state index < -0.39 is 68.8 Å². The van der Waals surface area contributed by atoms with Gasteiger partial charge in [0, 0.05) is 38.4 Å². The zero-order chi connectivity index (χ0) is 31.6. The molecule has 2 aromatic carbocycles. The van der Waals surface area contributed by atoms with Crippen molar-refractivity contribution < 1.29 is 31.9 Å². The van der Waals surface area contributed by atoms with Crippen molar-refractivity contribution >= 4 is 32.8 Å². The Morgan fingerprint density at radius 2 is 1.84 bits per heavy atom. The molecule has 1 aliphatic heterocycles. The molecule has 230 valence electrons. The van der Waals surface area contributed by atoms with Crippen molar-refractivity contribution in [2.45, 2.75) is 44.5 Å². The van der Waals surface area contributed by atoms with Crippen LogP contribution >= 0.6 is 0 Å². The van der Waals surface area contributed by atoms with Gasteiger partial charge >= 0.3 is 5.97 Å². The predicted octanol–water partition coefficient (Wildman–Crippen LogP) is 0.983. The van der Waals surface area contributed by atoms with E-state index in [1.807, 2.05) is 6.08 Å². The number of amides is 1. The maximum atomic E-state index is 15.5. The fourth-order valence-electron chi connectivity index (χ4n) is 5.06. The van der Waals surface area contributed by atoms with Gasteiger partial charge in [0.25, 0.3) is 5.91 Å². The van der Waals surface area contributed by atoms with E-state index in [0.29, 0.717) is 17.7 Å². The molecule has 6 N–H and O–H groups in total. The molecular formula is C28H32F2N6O6S. The van der Waals surface area contributed by atoms with Crippen molar-refractivity contribution in [3.05, 3.63) is 86.3 Å². The Morgan fingerprint density at radius 1 is 1.16 bits per heavy atom. The molecule has 43 heavy (non-hydrogen) atoms. The fraction of sp³-hybridized carbons (Fsp3) is 0.321. The highest BCUT2D eigenvalue weighted by Crippen LogP contribution is 2.23. The second-order valence-corrected chi connectivity index (χ2v) is 11.9. The molecule has 15 heteroatoms. The molecule has 1 aliphatic rings. The minimum Gasteiger partial charge on any atom is -0.480 e. The van der Waals surface area contributed by atoms with Crippen LogP contribution in [0, 0.1) is 32.4 Å². The van der Waals surface area contributed by atoms with Crippen LogP contribution in [0.15, 0.2) is 46.4 Å². The highest BCUT2D eigenvalue weighted by Gasteiger charge is 2.29. The van der Waals surface area contributed by atoms with Crippen LogP contribution in [0.5, 0.6) is 0 Å². The molecule has 2 heterocycles. The van der Waals surface area contributed by atoms with E-state index in [9.17, 15) is 32.3 Å². The van der Waals surface area contributed by atoms with E-state index in [0.717, 1.165) is 22.4 Å². The number of benzene rings is 2. The van der Waals surface area contributed by atoms with E-state index in [1.165, 1.54) is 7.05 Å². The zero-order valence-electron chi connectivity index (χ0n) is 23.8. The average molecular weight is 619 g/mol. The number of sulfonamides is 1. The average Bonchev–Trinajstić information content (AvgIpc) is 2.92. The molecular weight excluding hydrogens is 586 g/mol. The number of aryl methyl sites for hydroxylation is 4. The van der Waals surface area contributed by atoms with Crippen molar-refractivity contribution in [2.24, 2.45) is 7.05 Å². The first-order valence-corrected chi connectivity index (χ1v) is 14.7. The molecule has 0 spiro atoms. The number of nitrogens with zero attached hydrogens (tertiary/aromatic N) is 1. The van der Waals surface area contributed by atoms with Crippen molar-refractivity contribution in [1.82, 2.24) is 30.6 Å². The van der Waals surface area contributed by atoms with Gasteiger partial charge < -0.3 is 20.3 Å². The Balaban J connectivity index is 1.56. The van der Waals surface area contributed by atoms with E-state index in [1.54, 1.807) is 39.1 Å². The van der Waals surface area contributed by atoms with Gasteiger partial charge in [0.1, 0.15) is 23.7 Å². The maximum Gasteiger partial charge on any atom is 0.323 e. The van der Waals surface area contributed by atoms with Crippen LogP contribution in [0.4, 0.5) is 8.78 Å². The van der Waals surface area contributed by atoms with E-state index in [-0.39, 0.29) is 22.5 Å². The Morgan fingerprint density at radius 3 is 2.44 bits per heavy atom. The largest absolute Gasteiger partial charge is 0.480 e. The van der Waals surface area contributed by atoms with Crippen LogP contribution in [-0.4, -0.2) is 55.4 Å². The number of carbonyl (C=O) groups excluding carboxylic acids is 1. The van der Waals surface area contributed by atoms with Crippen LogP contribution in [0.1, 0.15) is 32.6 Å². The molecule has 1 aromatic heterocycles. The first-order chi connectivity index (χ1) is 20.2. The van der Waals surface area contributed by atoms with Crippen molar-refractivity contribution in [1.29, 1.82) is 0 Å². The number of aliphatic carboxylic acids is 1. The Labute approximate surface area is 246 Å². The van der Waals surface area contributed by atoms with Gasteiger partial charge in [-0.25, -0.2) is 17.2 Å². The summed E-state index contributed by atoms with van der Waals surface area (Å²) in [6, 6.07) is 2.34. The molecule has 2 atom stereocenters. The normalized spacial score (nSPS) is 15.7. The summed E-state index contributed by atoms with van der Waals surface area (Å²) in [5.74, 6) is -4.61. The van der Waals surface area contributed by atoms with Crippen LogP contribution in [0.25, 0.3) is 10.9 Å². The van der Waals surface area contributed by atoms with Gasteiger partial charge in [0.2, 0.25) is 15.5 Å². The predicted molar refractivity (Wildman–Crippen MR) is 155 cm³/mol. The molecule has 0 saturated heterocycles. The molecule has 0 saturated carbocycles. The molecule has 0 aliphatic carbocycles. The van der Waals surface area contributed by atoms with Crippen LogP contribution < -0.4 is 31.4 Å². The highest BCUT2D eigenvalue weighted by atomic mass is 32.2. The lowest BCUT2D eigenvalue weighted by Gasteiger charge is -2.23. The summed E-state index contributed by atoms with van der Waals surface area (Å²) in [6.07, 6.45) is 4.13. The molecule has 0 bridgehead atoms. The zero-order valence-corrected chi connectivity index (χ0v) is 24.7. The third-order valence-corrected chi connectivity index (χ3v) is 8.71. The Bertz CT molecular complexity index is 1780. The number of halogens is 2. The molecule has 2 unspecified atom stereocenters. The summed E-state index contributed by atoms with van der Waals surface area (Å²) in [5, 5.41) is 20.4. The molecule has 12 nitrogen and oxygen atoms in total. The lowest BCUT2D eigenvalue weighted by atomic mass is 10.1. The third kappa shape index (κ3) is 6.74. The smallest absolute Gasteiger partial charge is 0.323 e. The van der Waals surface area contributed by atoms with Crippen molar-refractivity contribution in [3.8, 4) is 0 Å². The highest BCUT2D eigenvalue weighted by molar-refractivity contribution is 7.89. The molecule has 4 rings (SSSR count). The number of hydrogen-bond acceptors (Lipinski definition) is 8. The lowest BCUT2D eigenvalue weighted by molar-refractivity contribution is -0.138. The van der Waals surface area contributed by atoms with Gasteiger partial charge in [-0.2, -0.15) is 4.72 Å². The van der Waals surface area contributed by atoms with Gasteiger partial charge in [-0.3, -0.25) is 25.0 Å². The minimum absolute atomic E-state index is 0.0826. The number of fused-ring (bicyclic) bond motifs is 1. The summed E-state index contributed by atoms with van der Waals surface area (Å²) in [4.78, 5) is 37.9. The first-order valence-electron chi connectivity index (χ1n) is 13.2. The maximum absolute atomic E-state index is 15.5. The Hall–Kier alpha value is -4.18. The van der Waals surface area contributed by atoms with E-state index in [4.69, 9.17) is 0 Å². The quantitative estimate of drug-likeness (QED) is 0.194. The number of nitrogens with one attached hydrogen (secondary N) is 5. The SMILES string of the molecule is Cc1cc(C)c(S(=O)(=O)NC(CNC(=O)c2cn(C)c3c(F)c(CNC4NC=CCN4)c(F)cc3c2=O)C(=O)O)c(C)c1. The van der Waals surface area contributed by atoms with Crippen LogP contribution in [-0.2, 0) is 28.4 Å². The van der Waals surface area contributed by atoms with Gasteiger partial charge in [0.05, 0.1) is 15.8 Å².